The van der Waals surface area contributed by atoms with Crippen molar-refractivity contribution in [3.63, 3.8) is 0 Å². The lowest BCUT2D eigenvalue weighted by molar-refractivity contribution is -0.148. The van der Waals surface area contributed by atoms with Gasteiger partial charge in [0.15, 0.2) is 29.9 Å². The van der Waals surface area contributed by atoms with Crippen LogP contribution in [-0.2, 0) is 25.6 Å². The number of H-pyrrole nitrogens is 1. The lowest BCUT2D eigenvalue weighted by Gasteiger charge is -2.47. The highest BCUT2D eigenvalue weighted by Gasteiger charge is 2.47. The van der Waals surface area contributed by atoms with Gasteiger partial charge in [0.1, 0.15) is 16.4 Å². The quantitative estimate of drug-likeness (QED) is 0.124. The van der Waals surface area contributed by atoms with E-state index in [-0.39, 0.29) is 47.7 Å². The molecule has 7 rings (SSSR count). The van der Waals surface area contributed by atoms with Crippen molar-refractivity contribution >= 4 is 52.0 Å². The fourth-order valence-corrected chi connectivity index (χ4v) is 6.97. The second-order valence-electron chi connectivity index (χ2n) is 10.2. The van der Waals surface area contributed by atoms with Crippen LogP contribution in [0.2, 0.25) is 5.15 Å². The summed E-state index contributed by atoms with van der Waals surface area (Å²) >= 11 is 7.35. The number of rotatable bonds is 9. The molecular weight excluding hydrogens is 591 g/mol. The zero-order chi connectivity index (χ0) is 29.4. The SMILES string of the molecule is COC(=O)OCOCc1ccc(-c2nc(-c3c[nH]c4ncc(Cl)nc34)nc(N[C@H]3C4CCC(CC4)[C@@H]3C(=O)O)c2F)s1. The topological polar surface area (TPSA) is 161 Å². The zero-order valence-electron chi connectivity index (χ0n) is 22.3. The number of carbonyl (C=O) groups excluding carboxylic acids is 1. The summed E-state index contributed by atoms with van der Waals surface area (Å²) in [4.78, 5) is 45.3. The molecule has 0 radical (unpaired) electrons. The number of methoxy groups -OCH3 is 1. The van der Waals surface area contributed by atoms with E-state index in [1.54, 1.807) is 18.3 Å². The minimum atomic E-state index is -0.891. The molecule has 0 aliphatic heterocycles. The number of aromatic amines is 1. The van der Waals surface area contributed by atoms with E-state index in [2.05, 4.69) is 35.0 Å². The van der Waals surface area contributed by atoms with E-state index in [9.17, 15) is 14.7 Å². The first-order chi connectivity index (χ1) is 20.3. The average Bonchev–Trinajstić information content (AvgIpc) is 3.63. The van der Waals surface area contributed by atoms with Crippen molar-refractivity contribution in [3.8, 4) is 22.0 Å². The Kier molecular flexibility index (Phi) is 7.92. The Morgan fingerprint density at radius 1 is 1.19 bits per heavy atom. The average molecular weight is 617 g/mol. The molecule has 15 heteroatoms. The van der Waals surface area contributed by atoms with Gasteiger partial charge in [0.05, 0.1) is 36.3 Å². The first-order valence-corrected chi connectivity index (χ1v) is 14.5. The summed E-state index contributed by atoms with van der Waals surface area (Å²) in [5.74, 6) is -2.03. The number of carbonyl (C=O) groups is 2. The molecule has 2 bridgehead atoms. The molecule has 0 amide bonds. The third-order valence-corrected chi connectivity index (χ3v) is 9.06. The van der Waals surface area contributed by atoms with Gasteiger partial charge in [-0.2, -0.15) is 0 Å². The number of nitrogens with zero attached hydrogens (tertiary/aromatic N) is 4. The van der Waals surface area contributed by atoms with Crippen LogP contribution < -0.4 is 5.32 Å². The van der Waals surface area contributed by atoms with E-state index in [4.69, 9.17) is 21.1 Å². The number of ether oxygens (including phenoxy) is 3. The molecule has 12 nitrogen and oxygen atoms in total. The first-order valence-electron chi connectivity index (χ1n) is 13.3. The summed E-state index contributed by atoms with van der Waals surface area (Å²) in [5, 5.41) is 13.4. The van der Waals surface area contributed by atoms with Gasteiger partial charge in [0, 0.05) is 17.1 Å². The highest BCUT2D eigenvalue weighted by molar-refractivity contribution is 7.15. The minimum Gasteiger partial charge on any atom is -0.481 e. The van der Waals surface area contributed by atoms with E-state index < -0.39 is 29.9 Å². The summed E-state index contributed by atoms with van der Waals surface area (Å²) in [7, 11) is 1.19. The van der Waals surface area contributed by atoms with Crippen molar-refractivity contribution < 1.29 is 33.3 Å². The molecule has 0 saturated heterocycles. The maximum atomic E-state index is 16.2. The van der Waals surface area contributed by atoms with Crippen LogP contribution in [-0.4, -0.2) is 62.1 Å². The van der Waals surface area contributed by atoms with Crippen molar-refractivity contribution in [3.05, 3.63) is 40.4 Å². The van der Waals surface area contributed by atoms with Gasteiger partial charge in [-0.3, -0.25) is 4.79 Å². The maximum absolute atomic E-state index is 16.2. The number of hydrogen-bond donors (Lipinski definition) is 3. The molecule has 3 N–H and O–H groups in total. The number of halogens is 2. The molecule has 3 fully saturated rings. The summed E-state index contributed by atoms with van der Waals surface area (Å²) in [6, 6.07) is 2.99. The molecule has 4 heterocycles. The number of aromatic nitrogens is 5. The number of carboxylic acid groups (broad SMARTS) is 1. The van der Waals surface area contributed by atoms with Crippen molar-refractivity contribution in [2.75, 3.05) is 19.2 Å². The maximum Gasteiger partial charge on any atom is 0.510 e. The van der Waals surface area contributed by atoms with Gasteiger partial charge in [-0.25, -0.2) is 29.1 Å². The summed E-state index contributed by atoms with van der Waals surface area (Å²) in [6.45, 7) is -0.202. The number of nitrogens with one attached hydrogen (secondary N) is 2. The van der Waals surface area contributed by atoms with Gasteiger partial charge in [-0.1, -0.05) is 11.6 Å². The second-order valence-corrected chi connectivity index (χ2v) is 11.7. The van der Waals surface area contributed by atoms with Gasteiger partial charge in [0.2, 0.25) is 0 Å². The lowest BCUT2D eigenvalue weighted by Crippen LogP contribution is -2.51. The van der Waals surface area contributed by atoms with Crippen molar-refractivity contribution in [2.24, 2.45) is 17.8 Å². The molecule has 3 saturated carbocycles. The Balaban J connectivity index is 1.37. The molecular formula is C27H26ClFN6O6S. The van der Waals surface area contributed by atoms with Crippen molar-refractivity contribution in [2.45, 2.75) is 38.3 Å². The number of aliphatic carboxylic acids is 1. The predicted octanol–water partition coefficient (Wildman–Crippen LogP) is 5.49. The highest BCUT2D eigenvalue weighted by atomic mass is 35.5. The van der Waals surface area contributed by atoms with Gasteiger partial charge in [-0.05, 0) is 49.7 Å². The summed E-state index contributed by atoms with van der Waals surface area (Å²) in [5.41, 5.74) is 1.36. The third kappa shape index (κ3) is 5.49. The molecule has 3 aliphatic carbocycles. The molecule has 0 unspecified atom stereocenters. The normalized spacial score (nSPS) is 21.4. The third-order valence-electron chi connectivity index (χ3n) is 7.82. The Morgan fingerprint density at radius 2 is 1.98 bits per heavy atom. The van der Waals surface area contributed by atoms with Crippen LogP contribution in [0.15, 0.2) is 24.5 Å². The highest BCUT2D eigenvalue weighted by Crippen LogP contribution is 2.47. The zero-order valence-corrected chi connectivity index (χ0v) is 23.9. The van der Waals surface area contributed by atoms with Crippen LogP contribution in [0.3, 0.4) is 0 Å². The number of fused-ring (bicyclic) bond motifs is 4. The van der Waals surface area contributed by atoms with Crippen LogP contribution >= 0.6 is 22.9 Å². The Bertz CT molecular complexity index is 1640. The monoisotopic (exact) mass is 616 g/mol. The molecule has 4 aromatic heterocycles. The molecule has 0 aromatic carbocycles. The van der Waals surface area contributed by atoms with Crippen LogP contribution in [0.1, 0.15) is 30.6 Å². The summed E-state index contributed by atoms with van der Waals surface area (Å²) in [6.07, 6.45) is 5.62. The van der Waals surface area contributed by atoms with Crippen LogP contribution in [0.25, 0.3) is 33.1 Å². The standard InChI is InChI=1S/C27H26ClFN6O6S/c1-39-27(38)41-11-40-10-14-6-7-16(42-14)22-19(29)24(33-20-13-4-2-12(3-5-13)18(20)26(36)37)35-23(34-22)15-8-30-25-21(15)32-17(28)9-31-25/h6-9,12-13,18,20H,2-5,10-11H2,1H3,(H,30,31)(H,36,37)(H,33,34,35)/t12?,13?,18-,20-/m0/s1. The fraction of sp³-hybridized carbons (Fsp3) is 0.407. The molecule has 220 valence electrons. The van der Waals surface area contributed by atoms with Crippen molar-refractivity contribution in [1.82, 2.24) is 24.9 Å². The fourth-order valence-electron chi connectivity index (χ4n) is 5.91. The van der Waals surface area contributed by atoms with E-state index in [1.807, 2.05) is 0 Å². The van der Waals surface area contributed by atoms with Crippen LogP contribution in [0.4, 0.5) is 15.0 Å². The van der Waals surface area contributed by atoms with Crippen molar-refractivity contribution in [1.29, 1.82) is 0 Å². The van der Waals surface area contributed by atoms with Gasteiger partial charge >= 0.3 is 12.1 Å². The minimum absolute atomic E-state index is 0.0294. The number of anilines is 1. The van der Waals surface area contributed by atoms with E-state index in [0.29, 0.717) is 21.6 Å². The Labute approximate surface area is 247 Å². The molecule has 4 aromatic rings. The largest absolute Gasteiger partial charge is 0.510 e. The number of carboxylic acids is 1. The molecule has 0 spiro atoms. The second kappa shape index (κ2) is 11.8. The Morgan fingerprint density at radius 3 is 2.74 bits per heavy atom. The van der Waals surface area contributed by atoms with E-state index in [0.717, 1.165) is 30.6 Å². The van der Waals surface area contributed by atoms with Crippen LogP contribution in [0.5, 0.6) is 0 Å². The lowest BCUT2D eigenvalue weighted by atomic mass is 9.61. The smallest absolute Gasteiger partial charge is 0.481 e. The molecule has 42 heavy (non-hydrogen) atoms. The Hall–Kier alpha value is -3.88. The molecule has 3 aliphatic rings. The first kappa shape index (κ1) is 28.2. The van der Waals surface area contributed by atoms with E-state index in [1.165, 1.54) is 24.6 Å². The van der Waals surface area contributed by atoms with Gasteiger partial charge in [-0.15, -0.1) is 11.3 Å². The summed E-state index contributed by atoms with van der Waals surface area (Å²) < 4.78 is 30.7. The number of thiophene rings is 1. The van der Waals surface area contributed by atoms with E-state index >= 15 is 4.39 Å². The predicted molar refractivity (Wildman–Crippen MR) is 150 cm³/mol. The molecule has 2 atom stereocenters. The number of hydrogen-bond acceptors (Lipinski definition) is 11. The van der Waals surface area contributed by atoms with Gasteiger partial charge < -0.3 is 29.6 Å². The van der Waals surface area contributed by atoms with Crippen LogP contribution in [0, 0.1) is 23.6 Å². The van der Waals surface area contributed by atoms with Gasteiger partial charge in [0.25, 0.3) is 0 Å².